The summed E-state index contributed by atoms with van der Waals surface area (Å²) < 4.78 is 0. The molecule has 5 aliphatic rings. The third kappa shape index (κ3) is 1.63. The van der Waals surface area contributed by atoms with Gasteiger partial charge < -0.3 is 11.1 Å². The van der Waals surface area contributed by atoms with Crippen LogP contribution in [0.2, 0.25) is 0 Å². The summed E-state index contributed by atoms with van der Waals surface area (Å²) in [5, 5.41) is 3.10. The van der Waals surface area contributed by atoms with Crippen molar-refractivity contribution in [3.05, 3.63) is 0 Å². The Balaban J connectivity index is 1.59. The van der Waals surface area contributed by atoms with Crippen LogP contribution in [0.3, 0.4) is 0 Å². The maximum Gasteiger partial charge on any atom is 0.226 e. The van der Waals surface area contributed by atoms with Crippen LogP contribution >= 0.6 is 0 Å². The molecule has 0 unspecified atom stereocenters. The molecule has 5 fully saturated rings. The second-order valence-electron chi connectivity index (χ2n) is 7.82. The summed E-state index contributed by atoms with van der Waals surface area (Å²) in [4.78, 5) is 12.6. The van der Waals surface area contributed by atoms with Crippen molar-refractivity contribution >= 4 is 5.91 Å². The van der Waals surface area contributed by atoms with Crippen molar-refractivity contribution in [3.8, 4) is 0 Å². The standard InChI is InChI=1S/C16H26N2O/c17-3-4-18-14(19)16(1-2-16)15-8-11-5-12(9-15)7-13(6-11)10-15/h11-13H,1-10,17H2,(H,18,19). The molecular weight excluding hydrogens is 236 g/mol. The molecule has 0 aliphatic heterocycles. The van der Waals surface area contributed by atoms with E-state index in [1.54, 1.807) is 0 Å². The summed E-state index contributed by atoms with van der Waals surface area (Å²) in [6.45, 7) is 1.20. The highest BCUT2D eigenvalue weighted by Crippen LogP contribution is 2.73. The zero-order valence-electron chi connectivity index (χ0n) is 11.8. The molecule has 3 nitrogen and oxygen atoms in total. The van der Waals surface area contributed by atoms with Gasteiger partial charge in [0.15, 0.2) is 0 Å². The molecule has 4 bridgehead atoms. The Morgan fingerprint density at radius 2 is 1.58 bits per heavy atom. The fourth-order valence-electron chi connectivity index (χ4n) is 6.17. The topological polar surface area (TPSA) is 55.1 Å². The average Bonchev–Trinajstić information content (AvgIpc) is 3.16. The first-order chi connectivity index (χ1) is 9.17. The van der Waals surface area contributed by atoms with Gasteiger partial charge in [-0.2, -0.15) is 0 Å². The number of rotatable bonds is 4. The highest BCUT2D eigenvalue weighted by molar-refractivity contribution is 5.86. The molecule has 3 heteroatoms. The fraction of sp³-hybridized carbons (Fsp3) is 0.938. The quantitative estimate of drug-likeness (QED) is 0.815. The van der Waals surface area contributed by atoms with Crippen molar-refractivity contribution < 1.29 is 4.79 Å². The minimum atomic E-state index is 0.0121. The number of carbonyl (C=O) groups excluding carboxylic acids is 1. The van der Waals surface area contributed by atoms with Crippen LogP contribution < -0.4 is 11.1 Å². The van der Waals surface area contributed by atoms with Crippen LogP contribution in [0.25, 0.3) is 0 Å². The molecule has 0 radical (unpaired) electrons. The molecule has 0 aromatic rings. The predicted molar refractivity (Wildman–Crippen MR) is 74.3 cm³/mol. The molecule has 0 aromatic heterocycles. The molecule has 5 aliphatic carbocycles. The number of hydrogen-bond acceptors (Lipinski definition) is 2. The molecule has 19 heavy (non-hydrogen) atoms. The number of carbonyl (C=O) groups is 1. The van der Waals surface area contributed by atoms with E-state index in [-0.39, 0.29) is 5.41 Å². The lowest BCUT2D eigenvalue weighted by molar-refractivity contribution is -0.145. The zero-order valence-corrected chi connectivity index (χ0v) is 11.8. The van der Waals surface area contributed by atoms with Crippen LogP contribution in [-0.2, 0) is 4.79 Å². The van der Waals surface area contributed by atoms with E-state index >= 15 is 0 Å². The van der Waals surface area contributed by atoms with Crippen molar-refractivity contribution in [2.45, 2.75) is 51.4 Å². The van der Waals surface area contributed by atoms with Gasteiger partial charge in [-0.15, -0.1) is 0 Å². The van der Waals surface area contributed by atoms with E-state index in [9.17, 15) is 4.79 Å². The van der Waals surface area contributed by atoms with E-state index in [2.05, 4.69) is 5.32 Å². The lowest BCUT2D eigenvalue weighted by Crippen LogP contribution is -2.54. The minimum Gasteiger partial charge on any atom is -0.354 e. The summed E-state index contributed by atoms with van der Waals surface area (Å²) in [6, 6.07) is 0. The zero-order chi connectivity index (χ0) is 13.1. The second kappa shape index (κ2) is 3.97. The van der Waals surface area contributed by atoms with E-state index < -0.39 is 0 Å². The Kier molecular flexibility index (Phi) is 2.55. The normalized spacial score (nSPS) is 45.2. The Labute approximate surface area is 115 Å². The fourth-order valence-corrected chi connectivity index (χ4v) is 6.17. The maximum absolute atomic E-state index is 12.6. The Bertz CT molecular complexity index is 364. The largest absolute Gasteiger partial charge is 0.354 e. The second-order valence-corrected chi connectivity index (χ2v) is 7.82. The molecule has 5 rings (SSSR count). The summed E-state index contributed by atoms with van der Waals surface area (Å²) in [6.07, 6.45) is 10.7. The summed E-state index contributed by atoms with van der Waals surface area (Å²) >= 11 is 0. The SMILES string of the molecule is NCCNC(=O)C1(C23CC4CC(CC(C4)C2)C3)CC1. The van der Waals surface area contributed by atoms with Crippen LogP contribution in [0.1, 0.15) is 51.4 Å². The number of hydrogen-bond donors (Lipinski definition) is 2. The van der Waals surface area contributed by atoms with Crippen LogP contribution in [0.5, 0.6) is 0 Å². The first-order valence-electron chi connectivity index (χ1n) is 8.16. The molecular formula is C16H26N2O. The Hall–Kier alpha value is -0.570. The van der Waals surface area contributed by atoms with Gasteiger partial charge >= 0.3 is 0 Å². The van der Waals surface area contributed by atoms with Crippen molar-refractivity contribution in [1.29, 1.82) is 0 Å². The third-order valence-electron chi connectivity index (χ3n) is 6.67. The molecule has 106 valence electrons. The van der Waals surface area contributed by atoms with Gasteiger partial charge in [-0.05, 0) is 74.5 Å². The monoisotopic (exact) mass is 262 g/mol. The minimum absolute atomic E-state index is 0.0121. The Morgan fingerprint density at radius 3 is 2.00 bits per heavy atom. The van der Waals surface area contributed by atoms with Crippen LogP contribution in [-0.4, -0.2) is 19.0 Å². The lowest BCUT2D eigenvalue weighted by Gasteiger charge is -2.59. The Morgan fingerprint density at radius 1 is 1.05 bits per heavy atom. The van der Waals surface area contributed by atoms with Gasteiger partial charge in [0.05, 0.1) is 5.41 Å². The van der Waals surface area contributed by atoms with Gasteiger partial charge in [0.25, 0.3) is 0 Å². The first kappa shape index (κ1) is 12.2. The molecule has 1 amide bonds. The van der Waals surface area contributed by atoms with Crippen LogP contribution in [0.4, 0.5) is 0 Å². The molecule has 0 heterocycles. The summed E-state index contributed by atoms with van der Waals surface area (Å²) in [5.41, 5.74) is 5.92. The predicted octanol–water partition coefficient (Wildman–Crippen LogP) is 2.06. The van der Waals surface area contributed by atoms with Gasteiger partial charge in [-0.1, -0.05) is 0 Å². The van der Waals surface area contributed by atoms with E-state index in [1.807, 2.05) is 0 Å². The molecule has 0 aromatic carbocycles. The van der Waals surface area contributed by atoms with Crippen molar-refractivity contribution in [2.24, 2.45) is 34.3 Å². The van der Waals surface area contributed by atoms with E-state index in [4.69, 9.17) is 5.73 Å². The third-order valence-corrected chi connectivity index (χ3v) is 6.67. The molecule has 5 saturated carbocycles. The smallest absolute Gasteiger partial charge is 0.226 e. The van der Waals surface area contributed by atoms with Gasteiger partial charge in [-0.3, -0.25) is 4.79 Å². The first-order valence-corrected chi connectivity index (χ1v) is 8.16. The molecule has 0 spiro atoms. The lowest BCUT2D eigenvalue weighted by atomic mass is 9.45. The highest BCUT2D eigenvalue weighted by atomic mass is 16.2. The molecule has 0 atom stereocenters. The number of amides is 1. The van der Waals surface area contributed by atoms with Crippen molar-refractivity contribution in [1.82, 2.24) is 5.32 Å². The highest BCUT2D eigenvalue weighted by Gasteiger charge is 2.68. The van der Waals surface area contributed by atoms with E-state index in [0.29, 0.717) is 24.4 Å². The summed E-state index contributed by atoms with van der Waals surface area (Å²) in [5.74, 6) is 3.14. The van der Waals surface area contributed by atoms with Gasteiger partial charge in [-0.25, -0.2) is 0 Å². The van der Waals surface area contributed by atoms with Crippen LogP contribution in [0, 0.1) is 28.6 Å². The van der Waals surface area contributed by atoms with Crippen LogP contribution in [0.15, 0.2) is 0 Å². The maximum atomic E-state index is 12.6. The van der Waals surface area contributed by atoms with Gasteiger partial charge in [0.1, 0.15) is 0 Å². The van der Waals surface area contributed by atoms with Gasteiger partial charge in [0, 0.05) is 13.1 Å². The average molecular weight is 262 g/mol. The van der Waals surface area contributed by atoms with E-state index in [1.165, 1.54) is 38.5 Å². The number of nitrogens with one attached hydrogen (secondary N) is 1. The summed E-state index contributed by atoms with van der Waals surface area (Å²) in [7, 11) is 0. The number of nitrogens with two attached hydrogens (primary N) is 1. The van der Waals surface area contributed by atoms with Crippen molar-refractivity contribution in [2.75, 3.05) is 13.1 Å². The molecule has 0 saturated heterocycles. The van der Waals surface area contributed by atoms with E-state index in [0.717, 1.165) is 30.6 Å². The van der Waals surface area contributed by atoms with Gasteiger partial charge in [0.2, 0.25) is 5.91 Å². The van der Waals surface area contributed by atoms with Crippen molar-refractivity contribution in [3.63, 3.8) is 0 Å². The molecule has 3 N–H and O–H groups in total.